The van der Waals surface area contributed by atoms with Crippen LogP contribution in [0.4, 0.5) is 0 Å². The molecule has 1 spiro atoms. The first-order chi connectivity index (χ1) is 10.3. The van der Waals surface area contributed by atoms with Crippen LogP contribution in [0.5, 0.6) is 0 Å². The van der Waals surface area contributed by atoms with Gasteiger partial charge in [0.1, 0.15) is 0 Å². The Kier molecular flexibility index (Phi) is 7.53. The van der Waals surface area contributed by atoms with Crippen LogP contribution in [-0.4, -0.2) is 36.1 Å². The fraction of sp³-hybridized carbons (Fsp3) is 1.00. The van der Waals surface area contributed by atoms with Gasteiger partial charge in [-0.2, -0.15) is 0 Å². The molecule has 2 rings (SSSR count). The van der Waals surface area contributed by atoms with Crippen LogP contribution in [0, 0.1) is 0 Å². The summed E-state index contributed by atoms with van der Waals surface area (Å²) in [6.07, 6.45) is 17.0. The van der Waals surface area contributed by atoms with Crippen molar-refractivity contribution < 1.29 is 0 Å². The molecule has 0 aromatic carbocycles. The van der Waals surface area contributed by atoms with Crippen LogP contribution in [0.25, 0.3) is 0 Å². The first-order valence-corrected chi connectivity index (χ1v) is 9.75. The SMILES string of the molecule is CCCCCCCCN1CC2(CCCCC2)NCCC1C. The summed E-state index contributed by atoms with van der Waals surface area (Å²) in [5.74, 6) is 0. The van der Waals surface area contributed by atoms with Crippen molar-refractivity contribution in [3.8, 4) is 0 Å². The Balaban J connectivity index is 1.75. The summed E-state index contributed by atoms with van der Waals surface area (Å²) >= 11 is 0. The number of hydrogen-bond donors (Lipinski definition) is 1. The van der Waals surface area contributed by atoms with Crippen LogP contribution < -0.4 is 5.32 Å². The quantitative estimate of drug-likeness (QED) is 0.683. The van der Waals surface area contributed by atoms with E-state index in [0.717, 1.165) is 6.04 Å². The number of nitrogens with one attached hydrogen (secondary N) is 1. The van der Waals surface area contributed by atoms with E-state index in [2.05, 4.69) is 24.1 Å². The summed E-state index contributed by atoms with van der Waals surface area (Å²) in [6.45, 7) is 8.62. The van der Waals surface area contributed by atoms with Gasteiger partial charge >= 0.3 is 0 Å². The standard InChI is InChI=1S/C19H38N2/c1-3-4-5-6-7-11-16-21-17-19(13-9-8-10-14-19)20-15-12-18(21)2/h18,20H,3-17H2,1-2H3. The number of hydrogen-bond acceptors (Lipinski definition) is 2. The van der Waals surface area contributed by atoms with Crippen molar-refractivity contribution in [2.45, 2.75) is 102 Å². The minimum absolute atomic E-state index is 0.464. The zero-order valence-electron chi connectivity index (χ0n) is 14.6. The third-order valence-electron chi connectivity index (χ3n) is 5.80. The summed E-state index contributed by atoms with van der Waals surface area (Å²) < 4.78 is 0. The molecule has 1 saturated carbocycles. The molecule has 0 bridgehead atoms. The summed E-state index contributed by atoms with van der Waals surface area (Å²) in [4.78, 5) is 2.81. The monoisotopic (exact) mass is 294 g/mol. The van der Waals surface area contributed by atoms with E-state index in [4.69, 9.17) is 0 Å². The molecular weight excluding hydrogens is 256 g/mol. The van der Waals surface area contributed by atoms with Gasteiger partial charge in [-0.1, -0.05) is 58.3 Å². The lowest BCUT2D eigenvalue weighted by molar-refractivity contribution is 0.135. The Morgan fingerprint density at radius 2 is 1.71 bits per heavy atom. The van der Waals surface area contributed by atoms with Crippen molar-refractivity contribution in [3.05, 3.63) is 0 Å². The van der Waals surface area contributed by atoms with Gasteiger partial charge in [-0.25, -0.2) is 0 Å². The summed E-state index contributed by atoms with van der Waals surface area (Å²) in [5.41, 5.74) is 0.464. The second-order valence-electron chi connectivity index (χ2n) is 7.64. The minimum atomic E-state index is 0.464. The second-order valence-corrected chi connectivity index (χ2v) is 7.64. The van der Waals surface area contributed by atoms with Crippen LogP contribution in [0.3, 0.4) is 0 Å². The minimum Gasteiger partial charge on any atom is -0.310 e. The topological polar surface area (TPSA) is 15.3 Å². The lowest BCUT2D eigenvalue weighted by Gasteiger charge is -2.41. The Hall–Kier alpha value is -0.0800. The van der Waals surface area contributed by atoms with Gasteiger partial charge in [-0.05, 0) is 45.7 Å². The van der Waals surface area contributed by atoms with E-state index in [1.807, 2.05) is 0 Å². The van der Waals surface area contributed by atoms with E-state index >= 15 is 0 Å². The predicted molar refractivity (Wildman–Crippen MR) is 92.8 cm³/mol. The van der Waals surface area contributed by atoms with Gasteiger partial charge in [-0.15, -0.1) is 0 Å². The fourth-order valence-electron chi connectivity index (χ4n) is 4.29. The largest absolute Gasteiger partial charge is 0.310 e. The molecule has 1 unspecified atom stereocenters. The average molecular weight is 295 g/mol. The molecule has 124 valence electrons. The third-order valence-corrected chi connectivity index (χ3v) is 5.80. The Morgan fingerprint density at radius 1 is 1.00 bits per heavy atom. The predicted octanol–water partition coefficient (Wildman–Crippen LogP) is 4.73. The number of rotatable bonds is 7. The van der Waals surface area contributed by atoms with Crippen LogP contribution in [0.2, 0.25) is 0 Å². The van der Waals surface area contributed by atoms with Gasteiger partial charge in [-0.3, -0.25) is 4.90 Å². The first-order valence-electron chi connectivity index (χ1n) is 9.75. The molecule has 21 heavy (non-hydrogen) atoms. The molecule has 1 heterocycles. The lowest BCUT2D eigenvalue weighted by atomic mass is 9.81. The average Bonchev–Trinajstić information content (AvgIpc) is 2.64. The second kappa shape index (κ2) is 9.15. The molecule has 2 fully saturated rings. The van der Waals surface area contributed by atoms with Gasteiger partial charge in [0.25, 0.3) is 0 Å². The molecule has 1 aliphatic heterocycles. The van der Waals surface area contributed by atoms with E-state index in [9.17, 15) is 0 Å². The molecule has 1 atom stereocenters. The summed E-state index contributed by atoms with van der Waals surface area (Å²) in [7, 11) is 0. The molecular formula is C19H38N2. The van der Waals surface area contributed by atoms with Crippen LogP contribution in [0.15, 0.2) is 0 Å². The number of unbranched alkanes of at least 4 members (excludes halogenated alkanes) is 5. The van der Waals surface area contributed by atoms with Gasteiger partial charge in [0, 0.05) is 18.1 Å². The van der Waals surface area contributed by atoms with E-state index in [1.54, 1.807) is 0 Å². The normalized spacial score (nSPS) is 26.9. The van der Waals surface area contributed by atoms with Gasteiger partial charge in [0.2, 0.25) is 0 Å². The number of nitrogens with zero attached hydrogens (tertiary/aromatic N) is 1. The smallest absolute Gasteiger partial charge is 0.0308 e. The molecule has 0 amide bonds. The van der Waals surface area contributed by atoms with E-state index in [-0.39, 0.29) is 0 Å². The van der Waals surface area contributed by atoms with Crippen LogP contribution in [-0.2, 0) is 0 Å². The van der Waals surface area contributed by atoms with Gasteiger partial charge in [0.05, 0.1) is 0 Å². The molecule has 0 aromatic heterocycles. The van der Waals surface area contributed by atoms with Crippen molar-refractivity contribution in [3.63, 3.8) is 0 Å². The maximum absolute atomic E-state index is 3.93. The van der Waals surface area contributed by atoms with E-state index in [1.165, 1.54) is 96.7 Å². The Morgan fingerprint density at radius 3 is 2.48 bits per heavy atom. The molecule has 0 aromatic rings. The summed E-state index contributed by atoms with van der Waals surface area (Å²) in [6, 6.07) is 0.773. The van der Waals surface area contributed by atoms with Gasteiger partial charge in [0.15, 0.2) is 0 Å². The van der Waals surface area contributed by atoms with Crippen molar-refractivity contribution in [2.24, 2.45) is 0 Å². The van der Waals surface area contributed by atoms with Crippen LogP contribution in [0.1, 0.15) is 90.9 Å². The van der Waals surface area contributed by atoms with E-state index < -0.39 is 0 Å². The molecule has 0 radical (unpaired) electrons. The highest BCUT2D eigenvalue weighted by Crippen LogP contribution is 2.31. The zero-order valence-corrected chi connectivity index (χ0v) is 14.6. The maximum atomic E-state index is 3.93. The zero-order chi connectivity index (χ0) is 15.0. The van der Waals surface area contributed by atoms with Gasteiger partial charge < -0.3 is 5.32 Å². The third kappa shape index (κ3) is 5.56. The van der Waals surface area contributed by atoms with Crippen LogP contribution >= 0.6 is 0 Å². The Labute approximate surface area is 133 Å². The Bertz CT molecular complexity index is 271. The van der Waals surface area contributed by atoms with Crippen molar-refractivity contribution in [1.82, 2.24) is 10.2 Å². The molecule has 2 heteroatoms. The summed E-state index contributed by atoms with van der Waals surface area (Å²) in [5, 5.41) is 3.93. The molecule has 1 aliphatic carbocycles. The molecule has 1 N–H and O–H groups in total. The van der Waals surface area contributed by atoms with Crippen molar-refractivity contribution in [2.75, 3.05) is 19.6 Å². The highest BCUT2D eigenvalue weighted by atomic mass is 15.2. The fourth-order valence-corrected chi connectivity index (χ4v) is 4.29. The van der Waals surface area contributed by atoms with Crippen molar-refractivity contribution in [1.29, 1.82) is 0 Å². The highest BCUT2D eigenvalue weighted by Gasteiger charge is 2.36. The maximum Gasteiger partial charge on any atom is 0.0308 e. The molecule has 2 aliphatic rings. The highest BCUT2D eigenvalue weighted by molar-refractivity contribution is 4.96. The van der Waals surface area contributed by atoms with E-state index in [0.29, 0.717) is 5.54 Å². The van der Waals surface area contributed by atoms with Crippen molar-refractivity contribution >= 4 is 0 Å². The lowest BCUT2D eigenvalue weighted by Crippen LogP contribution is -2.53. The molecule has 2 nitrogen and oxygen atoms in total. The first kappa shape index (κ1) is 17.3. The molecule has 1 saturated heterocycles.